The number of carbonyl (C=O) groups is 2. The topological polar surface area (TPSA) is 50.3 Å². The van der Waals surface area contributed by atoms with Gasteiger partial charge in [-0.3, -0.25) is 14.5 Å². The van der Waals surface area contributed by atoms with Crippen LogP contribution in [0.25, 0.3) is 10.6 Å². The van der Waals surface area contributed by atoms with E-state index < -0.39 is 0 Å². The summed E-state index contributed by atoms with van der Waals surface area (Å²) < 4.78 is 0. The quantitative estimate of drug-likeness (QED) is 0.635. The van der Waals surface area contributed by atoms with Crippen LogP contribution >= 0.6 is 11.3 Å². The number of nitrogens with zero attached hydrogens (tertiary/aromatic N) is 2. The summed E-state index contributed by atoms with van der Waals surface area (Å²) in [5.74, 6) is -0.375. The van der Waals surface area contributed by atoms with Crippen LogP contribution in [-0.2, 0) is 16.1 Å². The summed E-state index contributed by atoms with van der Waals surface area (Å²) in [6.45, 7) is 2.29. The molecule has 0 spiro atoms. The van der Waals surface area contributed by atoms with Gasteiger partial charge in [0.25, 0.3) is 0 Å². The molecule has 24 heavy (non-hydrogen) atoms. The molecule has 5 heteroatoms. The minimum absolute atomic E-state index is 0.0246. The fraction of sp³-hybridized carbons (Fsp3) is 0.316. The SMILES string of the molecule is Cc1nc(-c2ccccc2)sc1CN1C(=O)C2CC=CCC2C1=O. The predicted octanol–water partition coefficient (Wildman–Crippen LogP) is 3.57. The molecule has 2 amide bonds. The van der Waals surface area contributed by atoms with Crippen molar-refractivity contribution in [2.24, 2.45) is 11.8 Å². The van der Waals surface area contributed by atoms with Crippen molar-refractivity contribution < 1.29 is 9.59 Å². The molecule has 2 aromatic rings. The number of hydrogen-bond donors (Lipinski definition) is 0. The van der Waals surface area contributed by atoms with Crippen LogP contribution in [-0.4, -0.2) is 21.7 Å². The van der Waals surface area contributed by atoms with E-state index in [1.54, 1.807) is 11.3 Å². The molecule has 122 valence electrons. The van der Waals surface area contributed by atoms with E-state index in [4.69, 9.17) is 0 Å². The van der Waals surface area contributed by atoms with E-state index in [1.807, 2.05) is 49.4 Å². The minimum Gasteiger partial charge on any atom is -0.277 e. The smallest absolute Gasteiger partial charge is 0.233 e. The molecule has 1 aromatic carbocycles. The third-order valence-electron chi connectivity index (χ3n) is 4.81. The summed E-state index contributed by atoms with van der Waals surface area (Å²) in [6.07, 6.45) is 5.40. The van der Waals surface area contributed by atoms with Gasteiger partial charge in [-0.15, -0.1) is 11.3 Å². The molecular formula is C19H18N2O2S. The largest absolute Gasteiger partial charge is 0.277 e. The van der Waals surface area contributed by atoms with E-state index >= 15 is 0 Å². The van der Waals surface area contributed by atoms with E-state index in [0.717, 1.165) is 21.1 Å². The van der Waals surface area contributed by atoms with Crippen LogP contribution in [0, 0.1) is 18.8 Å². The summed E-state index contributed by atoms with van der Waals surface area (Å²) in [7, 11) is 0. The first-order chi connectivity index (χ1) is 11.6. The van der Waals surface area contributed by atoms with Gasteiger partial charge in [-0.05, 0) is 19.8 Å². The average Bonchev–Trinajstić information content (AvgIpc) is 3.10. The molecule has 0 N–H and O–H groups in total. The summed E-state index contributed by atoms with van der Waals surface area (Å²) in [5, 5.41) is 0.932. The molecule has 0 radical (unpaired) electrons. The Hall–Kier alpha value is -2.27. The maximum absolute atomic E-state index is 12.6. The highest BCUT2D eigenvalue weighted by atomic mass is 32.1. The monoisotopic (exact) mass is 338 g/mol. The van der Waals surface area contributed by atoms with Crippen molar-refractivity contribution in [2.75, 3.05) is 0 Å². The first-order valence-electron chi connectivity index (χ1n) is 8.17. The molecule has 4 rings (SSSR count). The maximum atomic E-state index is 12.6. The van der Waals surface area contributed by atoms with Crippen molar-refractivity contribution in [1.82, 2.24) is 9.88 Å². The van der Waals surface area contributed by atoms with Gasteiger partial charge < -0.3 is 0 Å². The lowest BCUT2D eigenvalue weighted by atomic mass is 9.85. The number of thiazole rings is 1. The van der Waals surface area contributed by atoms with Gasteiger partial charge in [0.1, 0.15) is 5.01 Å². The Bertz CT molecular complexity index is 799. The van der Waals surface area contributed by atoms with Crippen molar-refractivity contribution in [3.05, 3.63) is 53.1 Å². The van der Waals surface area contributed by atoms with Gasteiger partial charge >= 0.3 is 0 Å². The second kappa shape index (κ2) is 5.98. The Kier molecular flexibility index (Phi) is 3.81. The number of carbonyl (C=O) groups excluding carboxylic acids is 2. The summed E-state index contributed by atoms with van der Waals surface area (Å²) >= 11 is 1.56. The van der Waals surface area contributed by atoms with Crippen LogP contribution < -0.4 is 0 Å². The first-order valence-corrected chi connectivity index (χ1v) is 8.98. The Morgan fingerprint density at radius 3 is 2.33 bits per heavy atom. The molecule has 1 saturated heterocycles. The first kappa shape index (κ1) is 15.3. The maximum Gasteiger partial charge on any atom is 0.233 e. The molecule has 1 aliphatic heterocycles. The number of amides is 2. The van der Waals surface area contributed by atoms with Gasteiger partial charge in [-0.25, -0.2) is 4.98 Å². The molecule has 2 heterocycles. The lowest BCUT2D eigenvalue weighted by molar-refractivity contribution is -0.140. The van der Waals surface area contributed by atoms with Gasteiger partial charge in [-0.2, -0.15) is 0 Å². The van der Waals surface area contributed by atoms with Crippen LogP contribution in [0.3, 0.4) is 0 Å². The molecule has 2 atom stereocenters. The zero-order valence-corrected chi connectivity index (χ0v) is 14.3. The molecule has 4 nitrogen and oxygen atoms in total. The second-order valence-electron chi connectivity index (χ2n) is 6.31. The van der Waals surface area contributed by atoms with Gasteiger partial charge in [-0.1, -0.05) is 42.5 Å². The summed E-state index contributed by atoms with van der Waals surface area (Å²) in [4.78, 5) is 32.2. The number of imide groups is 1. The lowest BCUT2D eigenvalue weighted by Gasteiger charge is -2.14. The van der Waals surface area contributed by atoms with Crippen LogP contribution in [0.2, 0.25) is 0 Å². The number of allylic oxidation sites excluding steroid dienone is 2. The molecule has 2 aliphatic rings. The minimum atomic E-state index is -0.163. The predicted molar refractivity (Wildman–Crippen MR) is 93.2 cm³/mol. The number of fused-ring (bicyclic) bond motifs is 1. The molecule has 1 fully saturated rings. The van der Waals surface area contributed by atoms with E-state index in [2.05, 4.69) is 4.98 Å². The fourth-order valence-electron chi connectivity index (χ4n) is 3.45. The lowest BCUT2D eigenvalue weighted by Crippen LogP contribution is -2.30. The molecular weight excluding hydrogens is 320 g/mol. The molecule has 0 saturated carbocycles. The van der Waals surface area contributed by atoms with E-state index in [-0.39, 0.29) is 23.7 Å². The third kappa shape index (κ3) is 2.49. The number of rotatable bonds is 3. The van der Waals surface area contributed by atoms with E-state index in [0.29, 0.717) is 19.4 Å². The zero-order valence-electron chi connectivity index (χ0n) is 13.4. The highest BCUT2D eigenvalue weighted by Gasteiger charge is 2.47. The molecule has 0 bridgehead atoms. The number of likely N-dealkylation sites (tertiary alicyclic amines) is 1. The van der Waals surface area contributed by atoms with Gasteiger partial charge in [0.15, 0.2) is 0 Å². The van der Waals surface area contributed by atoms with Crippen LogP contribution in [0.4, 0.5) is 0 Å². The van der Waals surface area contributed by atoms with Crippen molar-refractivity contribution in [2.45, 2.75) is 26.3 Å². The number of aromatic nitrogens is 1. The zero-order chi connectivity index (χ0) is 16.7. The number of benzene rings is 1. The van der Waals surface area contributed by atoms with Crippen LogP contribution in [0.15, 0.2) is 42.5 Å². The van der Waals surface area contributed by atoms with E-state index in [9.17, 15) is 9.59 Å². The van der Waals surface area contributed by atoms with Crippen LogP contribution in [0.1, 0.15) is 23.4 Å². The Balaban J connectivity index is 1.59. The Morgan fingerprint density at radius 2 is 1.71 bits per heavy atom. The Morgan fingerprint density at radius 1 is 1.08 bits per heavy atom. The molecule has 2 unspecified atom stereocenters. The van der Waals surface area contributed by atoms with Crippen LogP contribution in [0.5, 0.6) is 0 Å². The van der Waals surface area contributed by atoms with Crippen molar-refractivity contribution in [3.63, 3.8) is 0 Å². The normalized spacial score (nSPS) is 23.0. The standard InChI is InChI=1S/C19H18N2O2S/c1-12-16(24-17(20-12)13-7-3-2-4-8-13)11-21-18(22)14-9-5-6-10-15(14)19(21)23/h2-8,14-15H,9-11H2,1H3. The van der Waals surface area contributed by atoms with E-state index in [1.165, 1.54) is 4.90 Å². The third-order valence-corrected chi connectivity index (χ3v) is 6.01. The van der Waals surface area contributed by atoms with Crippen molar-refractivity contribution >= 4 is 23.2 Å². The fourth-order valence-corrected chi connectivity index (χ4v) is 4.50. The van der Waals surface area contributed by atoms with Gasteiger partial charge in [0, 0.05) is 10.4 Å². The van der Waals surface area contributed by atoms with Crippen molar-refractivity contribution in [1.29, 1.82) is 0 Å². The molecule has 1 aliphatic carbocycles. The average molecular weight is 338 g/mol. The van der Waals surface area contributed by atoms with Gasteiger partial charge in [0.05, 0.1) is 24.1 Å². The second-order valence-corrected chi connectivity index (χ2v) is 7.40. The highest BCUT2D eigenvalue weighted by molar-refractivity contribution is 7.15. The number of hydrogen-bond acceptors (Lipinski definition) is 4. The summed E-state index contributed by atoms with van der Waals surface area (Å²) in [6, 6.07) is 9.99. The Labute approximate surface area is 144 Å². The highest BCUT2D eigenvalue weighted by Crippen LogP contribution is 2.37. The number of aryl methyl sites for hydroxylation is 1. The molecule has 1 aromatic heterocycles. The van der Waals surface area contributed by atoms with Crippen molar-refractivity contribution in [3.8, 4) is 10.6 Å². The summed E-state index contributed by atoms with van der Waals surface area (Å²) in [5.41, 5.74) is 1.96. The van der Waals surface area contributed by atoms with Gasteiger partial charge in [0.2, 0.25) is 11.8 Å².